The molecule has 0 unspecified atom stereocenters. The van der Waals surface area contributed by atoms with Crippen LogP contribution < -0.4 is 0 Å². The molecule has 0 aromatic heterocycles. The molecule has 0 aliphatic carbocycles. The molecule has 0 spiro atoms. The van der Waals surface area contributed by atoms with Gasteiger partial charge in [0.1, 0.15) is 0 Å². The van der Waals surface area contributed by atoms with Crippen LogP contribution in [0.15, 0.2) is 0 Å². The maximum atomic E-state index is 10.2. The third-order valence-corrected chi connectivity index (χ3v) is 1.70. The molecule has 116 valence electrons. The summed E-state index contributed by atoms with van der Waals surface area (Å²) < 4.78 is 8.96. The number of aliphatic carboxylic acids is 2. The molecular formula is C12H20O8. The van der Waals surface area contributed by atoms with E-state index in [1.165, 1.54) is 20.8 Å². The Hall–Kier alpha value is -2.12. The Bertz CT molecular complexity index is 304. The van der Waals surface area contributed by atoms with Crippen molar-refractivity contribution in [1.82, 2.24) is 0 Å². The minimum Gasteiger partial charge on any atom is -0.481 e. The fourth-order valence-corrected chi connectivity index (χ4v) is 1.04. The van der Waals surface area contributed by atoms with Crippen molar-refractivity contribution >= 4 is 23.9 Å². The van der Waals surface area contributed by atoms with Crippen LogP contribution in [0.3, 0.4) is 0 Å². The van der Waals surface area contributed by atoms with E-state index in [9.17, 15) is 19.2 Å². The van der Waals surface area contributed by atoms with Crippen LogP contribution >= 0.6 is 0 Å². The Kier molecular flexibility index (Phi) is 12.1. The van der Waals surface area contributed by atoms with Crippen LogP contribution in [0.25, 0.3) is 0 Å². The SMILES string of the molecule is CC(=O)OC(C)OC(C)=O.O=C(O)CCCCC(=O)O. The van der Waals surface area contributed by atoms with Crippen LogP contribution in [-0.2, 0) is 28.7 Å². The standard InChI is InChI=1S/2C6H10O4/c1-4(7)9-6(3)10-5(2)8;7-5(8)3-1-2-4-6(9)10/h6H,1-3H3;1-4H2,(H,7,8)(H,9,10). The lowest BCUT2D eigenvalue weighted by Crippen LogP contribution is -2.18. The summed E-state index contributed by atoms with van der Waals surface area (Å²) in [6.07, 6.45) is 0.235. The van der Waals surface area contributed by atoms with Gasteiger partial charge in [0, 0.05) is 33.6 Å². The maximum Gasteiger partial charge on any atom is 0.305 e. The third kappa shape index (κ3) is 21.2. The monoisotopic (exact) mass is 292 g/mol. The van der Waals surface area contributed by atoms with Gasteiger partial charge in [-0.1, -0.05) is 0 Å². The van der Waals surface area contributed by atoms with Gasteiger partial charge in [-0.05, 0) is 12.8 Å². The molecule has 0 aromatic rings. The summed E-state index contributed by atoms with van der Waals surface area (Å²) in [6, 6.07) is 0. The van der Waals surface area contributed by atoms with Crippen molar-refractivity contribution in [1.29, 1.82) is 0 Å². The minimum atomic E-state index is -0.870. The van der Waals surface area contributed by atoms with Crippen molar-refractivity contribution in [3.05, 3.63) is 0 Å². The van der Waals surface area contributed by atoms with Gasteiger partial charge < -0.3 is 19.7 Å². The predicted molar refractivity (Wildman–Crippen MR) is 66.7 cm³/mol. The molecule has 8 heteroatoms. The molecule has 0 radical (unpaired) electrons. The van der Waals surface area contributed by atoms with Crippen molar-refractivity contribution in [2.45, 2.75) is 52.7 Å². The van der Waals surface area contributed by atoms with Gasteiger partial charge in [0.15, 0.2) is 0 Å². The highest BCUT2D eigenvalue weighted by molar-refractivity contribution is 5.68. The number of hydrogen-bond acceptors (Lipinski definition) is 6. The van der Waals surface area contributed by atoms with Crippen LogP contribution in [0, 0.1) is 0 Å². The lowest BCUT2D eigenvalue weighted by atomic mass is 10.2. The molecule has 0 aromatic carbocycles. The highest BCUT2D eigenvalue weighted by Crippen LogP contribution is 1.98. The number of carbonyl (C=O) groups excluding carboxylic acids is 2. The first-order valence-electron chi connectivity index (χ1n) is 5.93. The first kappa shape index (κ1) is 20.2. The van der Waals surface area contributed by atoms with Gasteiger partial charge in [-0.15, -0.1) is 0 Å². The number of carboxylic acids is 2. The number of unbranched alkanes of at least 4 members (excludes halogenated alkanes) is 1. The van der Waals surface area contributed by atoms with Gasteiger partial charge in [-0.2, -0.15) is 0 Å². The summed E-state index contributed by atoms with van der Waals surface area (Å²) in [6.45, 7) is 3.97. The van der Waals surface area contributed by atoms with Gasteiger partial charge in [0.2, 0.25) is 6.29 Å². The van der Waals surface area contributed by atoms with E-state index >= 15 is 0 Å². The zero-order valence-electron chi connectivity index (χ0n) is 11.7. The molecule has 0 heterocycles. The molecule has 0 amide bonds. The maximum absolute atomic E-state index is 10.2. The van der Waals surface area contributed by atoms with Crippen molar-refractivity contribution in [3.63, 3.8) is 0 Å². The van der Waals surface area contributed by atoms with E-state index in [1.54, 1.807) is 0 Å². The van der Waals surface area contributed by atoms with Crippen molar-refractivity contribution < 1.29 is 38.9 Å². The first-order chi connectivity index (χ1) is 9.15. The van der Waals surface area contributed by atoms with Crippen LogP contribution in [0.5, 0.6) is 0 Å². The molecular weight excluding hydrogens is 272 g/mol. The van der Waals surface area contributed by atoms with E-state index in [4.69, 9.17) is 10.2 Å². The summed E-state index contributed by atoms with van der Waals surface area (Å²) in [7, 11) is 0. The van der Waals surface area contributed by atoms with Crippen LogP contribution in [-0.4, -0.2) is 40.4 Å². The Balaban J connectivity index is 0. The fraction of sp³-hybridized carbons (Fsp3) is 0.667. The highest BCUT2D eigenvalue weighted by atomic mass is 16.7. The zero-order valence-corrected chi connectivity index (χ0v) is 11.7. The number of ether oxygens (including phenoxy) is 2. The second-order valence-electron chi connectivity index (χ2n) is 3.78. The second-order valence-corrected chi connectivity index (χ2v) is 3.78. The van der Waals surface area contributed by atoms with E-state index in [2.05, 4.69) is 9.47 Å². The molecule has 0 atom stereocenters. The number of hydrogen-bond donors (Lipinski definition) is 2. The summed E-state index contributed by atoms with van der Waals surface area (Å²) >= 11 is 0. The molecule has 0 rings (SSSR count). The highest BCUT2D eigenvalue weighted by Gasteiger charge is 2.06. The van der Waals surface area contributed by atoms with Crippen LogP contribution in [0.2, 0.25) is 0 Å². The molecule has 0 aliphatic rings. The lowest BCUT2D eigenvalue weighted by Gasteiger charge is -2.10. The van der Waals surface area contributed by atoms with E-state index in [0.717, 1.165) is 0 Å². The first-order valence-corrected chi connectivity index (χ1v) is 5.93. The minimum absolute atomic E-state index is 0.0628. The van der Waals surface area contributed by atoms with E-state index in [0.29, 0.717) is 12.8 Å². The normalized spacial score (nSPS) is 9.20. The zero-order chi connectivity index (χ0) is 16.1. The number of carboxylic acid groups (broad SMARTS) is 2. The number of carbonyl (C=O) groups is 4. The lowest BCUT2D eigenvalue weighted by molar-refractivity contribution is -0.181. The fourth-order valence-electron chi connectivity index (χ4n) is 1.04. The Morgan fingerprint density at radius 2 is 1.15 bits per heavy atom. The third-order valence-electron chi connectivity index (χ3n) is 1.70. The Labute approximate surface area is 116 Å². The number of rotatable bonds is 7. The molecule has 0 saturated carbocycles. The van der Waals surface area contributed by atoms with Crippen molar-refractivity contribution in [3.8, 4) is 0 Å². The van der Waals surface area contributed by atoms with Gasteiger partial charge in [-0.25, -0.2) is 0 Å². The van der Waals surface area contributed by atoms with Crippen LogP contribution in [0.4, 0.5) is 0 Å². The average molecular weight is 292 g/mol. The molecule has 20 heavy (non-hydrogen) atoms. The Morgan fingerprint density at radius 3 is 1.35 bits per heavy atom. The summed E-state index contributed by atoms with van der Waals surface area (Å²) in [4.78, 5) is 40.2. The Morgan fingerprint density at radius 1 is 0.850 bits per heavy atom. The molecule has 2 N–H and O–H groups in total. The smallest absolute Gasteiger partial charge is 0.305 e. The summed E-state index contributed by atoms with van der Waals surface area (Å²) in [5.74, 6) is -2.67. The van der Waals surface area contributed by atoms with Crippen molar-refractivity contribution in [2.24, 2.45) is 0 Å². The van der Waals surface area contributed by atoms with E-state index in [-0.39, 0.29) is 12.8 Å². The summed E-state index contributed by atoms with van der Waals surface area (Å²) in [5, 5.41) is 16.3. The molecule has 0 bridgehead atoms. The van der Waals surface area contributed by atoms with Gasteiger partial charge in [-0.3, -0.25) is 19.2 Å². The molecule has 8 nitrogen and oxygen atoms in total. The molecule has 0 saturated heterocycles. The van der Waals surface area contributed by atoms with E-state index in [1.807, 2.05) is 0 Å². The quantitative estimate of drug-likeness (QED) is 0.406. The van der Waals surface area contributed by atoms with Gasteiger partial charge in [0.05, 0.1) is 0 Å². The molecule has 0 aliphatic heterocycles. The number of esters is 2. The van der Waals surface area contributed by atoms with Gasteiger partial charge in [0.25, 0.3) is 0 Å². The van der Waals surface area contributed by atoms with Gasteiger partial charge >= 0.3 is 23.9 Å². The van der Waals surface area contributed by atoms with E-state index < -0.39 is 30.2 Å². The average Bonchev–Trinajstić information content (AvgIpc) is 2.22. The predicted octanol–water partition coefficient (Wildman–Crippen LogP) is 1.17. The summed E-state index contributed by atoms with van der Waals surface area (Å²) in [5.41, 5.74) is 0. The topological polar surface area (TPSA) is 127 Å². The largest absolute Gasteiger partial charge is 0.481 e. The molecule has 0 fully saturated rings. The van der Waals surface area contributed by atoms with Crippen LogP contribution in [0.1, 0.15) is 46.5 Å². The second kappa shape index (κ2) is 11.9. The van der Waals surface area contributed by atoms with Crippen molar-refractivity contribution in [2.75, 3.05) is 0 Å².